The summed E-state index contributed by atoms with van der Waals surface area (Å²) in [6, 6.07) is 8.21. The summed E-state index contributed by atoms with van der Waals surface area (Å²) in [7, 11) is 0. The largest absolute Gasteiger partial charge is 0.452 e. The smallest absolute Gasteiger partial charge is 0.338 e. The van der Waals surface area contributed by atoms with Gasteiger partial charge in [0.2, 0.25) is 0 Å². The van der Waals surface area contributed by atoms with Crippen molar-refractivity contribution in [2.75, 3.05) is 11.9 Å². The minimum absolute atomic E-state index is 0.113. The van der Waals surface area contributed by atoms with Crippen molar-refractivity contribution in [3.05, 3.63) is 68.3 Å². The van der Waals surface area contributed by atoms with Crippen LogP contribution in [0, 0.1) is 37.8 Å². The molecule has 0 spiro atoms. The average Bonchev–Trinajstić information content (AvgIpc) is 2.55. The fourth-order valence-corrected chi connectivity index (χ4v) is 2.59. The van der Waals surface area contributed by atoms with Gasteiger partial charge in [0.05, 0.1) is 10.5 Å². The second kappa shape index (κ2) is 7.77. The van der Waals surface area contributed by atoms with Crippen LogP contribution >= 0.6 is 0 Å². The van der Waals surface area contributed by atoms with E-state index in [9.17, 15) is 19.7 Å². The van der Waals surface area contributed by atoms with E-state index < -0.39 is 23.4 Å². The molecule has 2 aromatic carbocycles. The van der Waals surface area contributed by atoms with Crippen molar-refractivity contribution in [1.82, 2.24) is 0 Å². The van der Waals surface area contributed by atoms with E-state index in [1.165, 1.54) is 6.07 Å². The predicted molar refractivity (Wildman–Crippen MR) is 97.4 cm³/mol. The maximum absolute atomic E-state index is 12.1. The Morgan fingerprint density at radius 1 is 1.08 bits per heavy atom. The van der Waals surface area contributed by atoms with Crippen molar-refractivity contribution in [3.63, 3.8) is 0 Å². The van der Waals surface area contributed by atoms with Crippen LogP contribution in [0.2, 0.25) is 0 Å². The quantitative estimate of drug-likeness (QED) is 0.501. The van der Waals surface area contributed by atoms with Gasteiger partial charge in [0, 0.05) is 6.07 Å². The molecule has 1 N–H and O–H groups in total. The molecule has 136 valence electrons. The van der Waals surface area contributed by atoms with Gasteiger partial charge in [-0.15, -0.1) is 0 Å². The van der Waals surface area contributed by atoms with Gasteiger partial charge in [-0.25, -0.2) is 4.79 Å². The number of esters is 1. The molecule has 0 heterocycles. The van der Waals surface area contributed by atoms with E-state index in [1.807, 2.05) is 19.9 Å². The summed E-state index contributed by atoms with van der Waals surface area (Å²) in [6.45, 7) is 6.65. The number of aryl methyl sites for hydroxylation is 3. The molecule has 0 atom stereocenters. The van der Waals surface area contributed by atoms with Crippen molar-refractivity contribution in [2.24, 2.45) is 0 Å². The van der Waals surface area contributed by atoms with Gasteiger partial charge in [0.15, 0.2) is 6.61 Å². The van der Waals surface area contributed by atoms with Crippen molar-refractivity contribution in [1.29, 1.82) is 0 Å². The lowest BCUT2D eigenvalue weighted by molar-refractivity contribution is -0.384. The van der Waals surface area contributed by atoms with Crippen LogP contribution in [0.1, 0.15) is 32.6 Å². The van der Waals surface area contributed by atoms with Crippen molar-refractivity contribution < 1.29 is 19.2 Å². The van der Waals surface area contributed by atoms with Gasteiger partial charge in [-0.2, -0.15) is 0 Å². The van der Waals surface area contributed by atoms with Gasteiger partial charge in [-0.05, 0) is 51.0 Å². The Bertz CT molecular complexity index is 869. The van der Waals surface area contributed by atoms with Crippen molar-refractivity contribution >= 4 is 23.3 Å². The van der Waals surface area contributed by atoms with E-state index in [0.29, 0.717) is 11.1 Å². The molecule has 0 radical (unpaired) electrons. The third-order valence-corrected chi connectivity index (χ3v) is 3.97. The maximum atomic E-state index is 12.1. The van der Waals surface area contributed by atoms with Crippen molar-refractivity contribution in [2.45, 2.75) is 27.7 Å². The molecule has 0 aliphatic rings. The Balaban J connectivity index is 2.09. The molecule has 7 heteroatoms. The first-order chi connectivity index (χ1) is 12.2. The Labute approximate surface area is 151 Å². The van der Waals surface area contributed by atoms with Crippen LogP contribution in [0.5, 0.6) is 0 Å². The summed E-state index contributed by atoms with van der Waals surface area (Å²) in [5.41, 5.74) is 3.48. The van der Waals surface area contributed by atoms with Gasteiger partial charge in [0.25, 0.3) is 11.6 Å². The average molecular weight is 356 g/mol. The normalized spacial score (nSPS) is 10.3. The molecule has 0 aliphatic heterocycles. The van der Waals surface area contributed by atoms with E-state index >= 15 is 0 Å². The molecule has 7 nitrogen and oxygen atoms in total. The molecule has 26 heavy (non-hydrogen) atoms. The molecule has 2 rings (SSSR count). The summed E-state index contributed by atoms with van der Waals surface area (Å²) in [4.78, 5) is 34.8. The number of carbonyl (C=O) groups is 2. The number of nitrogens with one attached hydrogen (secondary N) is 1. The lowest BCUT2D eigenvalue weighted by Crippen LogP contribution is -2.22. The maximum Gasteiger partial charge on any atom is 0.338 e. The van der Waals surface area contributed by atoms with Crippen LogP contribution in [0.15, 0.2) is 30.3 Å². The molecule has 0 bridgehead atoms. The van der Waals surface area contributed by atoms with Gasteiger partial charge in [0.1, 0.15) is 5.69 Å². The number of amides is 1. The highest BCUT2D eigenvalue weighted by Gasteiger charge is 2.20. The number of anilines is 1. The predicted octanol–water partition coefficient (Wildman–Crippen LogP) is 3.62. The van der Waals surface area contributed by atoms with Crippen molar-refractivity contribution in [3.8, 4) is 0 Å². The van der Waals surface area contributed by atoms with Gasteiger partial charge in [-0.1, -0.05) is 23.3 Å². The number of nitro benzene ring substituents is 1. The first kappa shape index (κ1) is 19.1. The van der Waals surface area contributed by atoms with Crippen LogP contribution in [-0.2, 0) is 9.53 Å². The topological polar surface area (TPSA) is 98.5 Å². The van der Waals surface area contributed by atoms with Crippen LogP contribution in [0.3, 0.4) is 0 Å². The number of hydrogen-bond donors (Lipinski definition) is 1. The van der Waals surface area contributed by atoms with E-state index in [2.05, 4.69) is 5.32 Å². The fourth-order valence-electron chi connectivity index (χ4n) is 2.59. The zero-order chi connectivity index (χ0) is 19.4. The van der Waals surface area contributed by atoms with E-state index in [4.69, 9.17) is 4.74 Å². The van der Waals surface area contributed by atoms with E-state index in [0.717, 1.165) is 16.7 Å². The van der Waals surface area contributed by atoms with Gasteiger partial charge in [-0.3, -0.25) is 14.9 Å². The molecule has 0 fully saturated rings. The summed E-state index contributed by atoms with van der Waals surface area (Å²) in [5.74, 6) is -1.26. The van der Waals surface area contributed by atoms with E-state index in [-0.39, 0.29) is 11.4 Å². The Hall–Kier alpha value is -3.22. The molecule has 0 saturated carbocycles. The van der Waals surface area contributed by atoms with E-state index in [1.54, 1.807) is 32.0 Å². The second-order valence-corrected chi connectivity index (χ2v) is 6.16. The summed E-state index contributed by atoms with van der Waals surface area (Å²) >= 11 is 0. The number of nitro groups is 1. The summed E-state index contributed by atoms with van der Waals surface area (Å²) in [5, 5.41) is 13.6. The van der Waals surface area contributed by atoms with Crippen LogP contribution < -0.4 is 5.32 Å². The first-order valence-corrected chi connectivity index (χ1v) is 7.99. The number of benzene rings is 2. The molecule has 0 unspecified atom stereocenters. The van der Waals surface area contributed by atoms with Gasteiger partial charge < -0.3 is 10.1 Å². The number of ether oxygens (including phenoxy) is 1. The molecule has 2 aromatic rings. The molecular formula is C19H20N2O5. The number of nitrogens with zero attached hydrogens (tertiary/aromatic N) is 1. The lowest BCUT2D eigenvalue weighted by Gasteiger charge is -2.11. The standard InChI is InChI=1S/C19H20N2O5/c1-11-7-12(2)9-15(8-11)19(23)26-10-17(22)20-18-14(4)13(3)5-6-16(18)21(24)25/h5-9H,10H2,1-4H3,(H,20,22). The fraction of sp³-hybridized carbons (Fsp3) is 0.263. The van der Waals surface area contributed by atoms with Crippen LogP contribution in [-0.4, -0.2) is 23.4 Å². The third kappa shape index (κ3) is 4.44. The zero-order valence-corrected chi connectivity index (χ0v) is 15.1. The number of carbonyl (C=O) groups excluding carboxylic acids is 2. The Morgan fingerprint density at radius 2 is 1.69 bits per heavy atom. The highest BCUT2D eigenvalue weighted by molar-refractivity contribution is 5.97. The van der Waals surface area contributed by atoms with Crippen LogP contribution in [0.4, 0.5) is 11.4 Å². The third-order valence-electron chi connectivity index (χ3n) is 3.97. The number of rotatable bonds is 5. The Kier molecular flexibility index (Phi) is 5.71. The van der Waals surface area contributed by atoms with Crippen LogP contribution in [0.25, 0.3) is 0 Å². The number of hydrogen-bond acceptors (Lipinski definition) is 5. The molecule has 0 aromatic heterocycles. The SMILES string of the molecule is Cc1cc(C)cc(C(=O)OCC(=O)Nc2c([N+](=O)[O-])ccc(C)c2C)c1. The molecule has 0 saturated heterocycles. The second-order valence-electron chi connectivity index (χ2n) is 6.16. The highest BCUT2D eigenvalue weighted by Crippen LogP contribution is 2.30. The lowest BCUT2D eigenvalue weighted by atomic mass is 10.1. The Morgan fingerprint density at radius 3 is 2.27 bits per heavy atom. The zero-order valence-electron chi connectivity index (χ0n) is 15.1. The minimum Gasteiger partial charge on any atom is -0.452 e. The first-order valence-electron chi connectivity index (χ1n) is 7.99. The molecule has 1 amide bonds. The van der Waals surface area contributed by atoms with Gasteiger partial charge >= 0.3 is 5.97 Å². The summed E-state index contributed by atoms with van der Waals surface area (Å²) in [6.07, 6.45) is 0. The minimum atomic E-state index is -0.639. The summed E-state index contributed by atoms with van der Waals surface area (Å²) < 4.78 is 5.02. The highest BCUT2D eigenvalue weighted by atomic mass is 16.6. The monoisotopic (exact) mass is 356 g/mol. The molecule has 0 aliphatic carbocycles. The molecular weight excluding hydrogens is 336 g/mol.